The van der Waals surface area contributed by atoms with Gasteiger partial charge >= 0.3 is 0 Å². The lowest BCUT2D eigenvalue weighted by Gasteiger charge is -2.37. The van der Waals surface area contributed by atoms with E-state index in [-0.39, 0.29) is 5.41 Å². The first-order valence-corrected chi connectivity index (χ1v) is 6.50. The lowest BCUT2D eigenvalue weighted by Crippen LogP contribution is -2.30. The first-order chi connectivity index (χ1) is 8.22. The second-order valence-corrected chi connectivity index (χ2v) is 6.11. The van der Waals surface area contributed by atoms with Gasteiger partial charge in [0.25, 0.3) is 0 Å². The van der Waals surface area contributed by atoms with Crippen molar-refractivity contribution >= 4 is 0 Å². The van der Waals surface area contributed by atoms with Crippen molar-refractivity contribution in [3.8, 4) is 0 Å². The van der Waals surface area contributed by atoms with Crippen molar-refractivity contribution in [2.24, 2.45) is 5.41 Å². The Morgan fingerprint density at radius 2 is 2.11 bits per heavy atom. The van der Waals surface area contributed by atoms with E-state index in [0.29, 0.717) is 6.10 Å². The third-order valence-corrected chi connectivity index (χ3v) is 3.79. The second kappa shape index (κ2) is 5.41. The summed E-state index contributed by atoms with van der Waals surface area (Å²) in [6, 6.07) is 0. The van der Waals surface area contributed by atoms with Gasteiger partial charge in [0.15, 0.2) is 0 Å². The Kier molecular flexibility index (Phi) is 4.57. The van der Waals surface area contributed by atoms with Gasteiger partial charge in [-0.2, -0.15) is 0 Å². The maximum atomic E-state index is 9.96. The Labute approximate surface area is 111 Å². The maximum absolute atomic E-state index is 9.96. The molecule has 18 heavy (non-hydrogen) atoms. The van der Waals surface area contributed by atoms with Crippen molar-refractivity contribution < 1.29 is 9.84 Å². The highest BCUT2D eigenvalue weighted by Gasteiger charge is 2.32. The molecule has 0 bridgehead atoms. The van der Waals surface area contributed by atoms with E-state index in [1.165, 1.54) is 11.1 Å². The largest absolute Gasteiger partial charge is 0.382 e. The molecule has 0 radical (unpaired) electrons. The zero-order chi connectivity index (χ0) is 14.0. The van der Waals surface area contributed by atoms with Crippen molar-refractivity contribution in [3.63, 3.8) is 0 Å². The summed E-state index contributed by atoms with van der Waals surface area (Å²) in [5.74, 6) is 0. The zero-order valence-electron chi connectivity index (χ0n) is 12.3. The third kappa shape index (κ3) is 3.56. The van der Waals surface area contributed by atoms with Crippen LogP contribution in [0.15, 0.2) is 36.0 Å². The average Bonchev–Trinajstić information content (AvgIpc) is 2.26. The molecule has 1 rings (SSSR count). The van der Waals surface area contributed by atoms with E-state index in [0.717, 1.165) is 12.8 Å². The minimum atomic E-state index is -0.943. The van der Waals surface area contributed by atoms with Crippen molar-refractivity contribution in [1.82, 2.24) is 0 Å². The number of hydrogen-bond acceptors (Lipinski definition) is 2. The van der Waals surface area contributed by atoms with Crippen LogP contribution in [0.1, 0.15) is 40.5 Å². The van der Waals surface area contributed by atoms with E-state index in [9.17, 15) is 5.11 Å². The van der Waals surface area contributed by atoms with Crippen LogP contribution < -0.4 is 0 Å². The van der Waals surface area contributed by atoms with Gasteiger partial charge in [0.05, 0.1) is 11.7 Å². The highest BCUT2D eigenvalue weighted by Crippen LogP contribution is 2.42. The second-order valence-electron chi connectivity index (χ2n) is 6.11. The van der Waals surface area contributed by atoms with Crippen LogP contribution >= 0.6 is 0 Å². The minimum Gasteiger partial charge on any atom is -0.382 e. The molecule has 0 fully saturated rings. The summed E-state index contributed by atoms with van der Waals surface area (Å²) in [6.45, 7) is 12.0. The zero-order valence-corrected chi connectivity index (χ0v) is 12.3. The van der Waals surface area contributed by atoms with Crippen molar-refractivity contribution in [2.75, 3.05) is 7.11 Å². The summed E-state index contributed by atoms with van der Waals surface area (Å²) < 4.78 is 5.49. The van der Waals surface area contributed by atoms with Crippen LogP contribution in [0.25, 0.3) is 0 Å². The summed E-state index contributed by atoms with van der Waals surface area (Å²) in [4.78, 5) is 0. The molecule has 0 spiro atoms. The lowest BCUT2D eigenvalue weighted by atomic mass is 9.71. The Morgan fingerprint density at radius 1 is 1.50 bits per heavy atom. The van der Waals surface area contributed by atoms with Gasteiger partial charge in [-0.1, -0.05) is 38.2 Å². The Morgan fingerprint density at radius 3 is 2.56 bits per heavy atom. The molecule has 2 unspecified atom stereocenters. The van der Waals surface area contributed by atoms with Gasteiger partial charge < -0.3 is 9.84 Å². The van der Waals surface area contributed by atoms with Crippen molar-refractivity contribution in [1.29, 1.82) is 0 Å². The maximum Gasteiger partial charge on any atom is 0.0981 e. The summed E-state index contributed by atoms with van der Waals surface area (Å²) in [5.41, 5.74) is 1.78. The third-order valence-electron chi connectivity index (χ3n) is 3.79. The molecule has 2 atom stereocenters. The van der Waals surface area contributed by atoms with Gasteiger partial charge in [-0.15, -0.1) is 0 Å². The highest BCUT2D eigenvalue weighted by atomic mass is 16.5. The van der Waals surface area contributed by atoms with Gasteiger partial charge in [0.1, 0.15) is 0 Å². The topological polar surface area (TPSA) is 29.5 Å². The molecule has 1 aliphatic rings. The van der Waals surface area contributed by atoms with Gasteiger partial charge in [-0.05, 0) is 43.8 Å². The van der Waals surface area contributed by atoms with E-state index >= 15 is 0 Å². The molecular weight excluding hydrogens is 224 g/mol. The van der Waals surface area contributed by atoms with Crippen LogP contribution in [0.5, 0.6) is 0 Å². The van der Waals surface area contributed by atoms with E-state index in [1.807, 2.05) is 12.2 Å². The smallest absolute Gasteiger partial charge is 0.0981 e. The quantitative estimate of drug-likeness (QED) is 0.772. The van der Waals surface area contributed by atoms with Crippen molar-refractivity contribution in [3.05, 3.63) is 36.0 Å². The van der Waals surface area contributed by atoms with Crippen LogP contribution in [-0.4, -0.2) is 23.9 Å². The van der Waals surface area contributed by atoms with E-state index < -0.39 is 5.60 Å². The van der Waals surface area contributed by atoms with E-state index in [1.54, 1.807) is 20.1 Å². The van der Waals surface area contributed by atoms with Gasteiger partial charge in [-0.3, -0.25) is 0 Å². The SMILES string of the molecule is C=CC(C)(O)C=CC1=C(C)CC(OC)CC1(C)C. The van der Waals surface area contributed by atoms with Gasteiger partial charge in [-0.25, -0.2) is 0 Å². The number of methoxy groups -OCH3 is 1. The molecule has 0 saturated heterocycles. The summed E-state index contributed by atoms with van der Waals surface area (Å²) in [5, 5.41) is 9.96. The highest BCUT2D eigenvalue weighted by molar-refractivity contribution is 5.35. The standard InChI is InChI=1S/C16H26O2/c1-7-16(5,17)9-8-14-12(2)10-13(18-6)11-15(14,3)4/h7-9,13,17H,1,10-11H2,2-6H3. The molecule has 102 valence electrons. The number of ether oxygens (including phenoxy) is 1. The Hall–Kier alpha value is -0.860. The summed E-state index contributed by atoms with van der Waals surface area (Å²) in [7, 11) is 1.78. The Balaban J connectivity index is 3.02. The first kappa shape index (κ1) is 15.2. The van der Waals surface area contributed by atoms with Gasteiger partial charge in [0, 0.05) is 7.11 Å². The predicted molar refractivity (Wildman–Crippen MR) is 76.5 cm³/mol. The molecule has 0 saturated carbocycles. The normalized spacial score (nSPS) is 27.3. The van der Waals surface area contributed by atoms with Gasteiger partial charge in [0.2, 0.25) is 0 Å². The molecule has 1 N–H and O–H groups in total. The molecule has 2 nitrogen and oxygen atoms in total. The molecule has 0 aliphatic heterocycles. The first-order valence-electron chi connectivity index (χ1n) is 6.50. The molecule has 0 amide bonds. The van der Waals surface area contributed by atoms with Crippen LogP contribution in [0.2, 0.25) is 0 Å². The molecule has 0 heterocycles. The fourth-order valence-corrected chi connectivity index (χ4v) is 2.64. The molecule has 1 aliphatic carbocycles. The molecular formula is C16H26O2. The van der Waals surface area contributed by atoms with Crippen LogP contribution in [-0.2, 0) is 4.74 Å². The number of allylic oxidation sites excluding steroid dienone is 2. The molecule has 2 heteroatoms. The molecule has 0 aromatic carbocycles. The fraction of sp³-hybridized carbons (Fsp3) is 0.625. The van der Waals surface area contributed by atoms with E-state index in [2.05, 4.69) is 27.4 Å². The molecule has 0 aromatic rings. The van der Waals surface area contributed by atoms with Crippen LogP contribution in [0.3, 0.4) is 0 Å². The fourth-order valence-electron chi connectivity index (χ4n) is 2.64. The summed E-state index contributed by atoms with van der Waals surface area (Å²) >= 11 is 0. The number of hydrogen-bond donors (Lipinski definition) is 1. The lowest BCUT2D eigenvalue weighted by molar-refractivity contribution is 0.0626. The van der Waals surface area contributed by atoms with Crippen molar-refractivity contribution in [2.45, 2.75) is 52.2 Å². The number of aliphatic hydroxyl groups is 1. The Bertz CT molecular complexity index is 373. The monoisotopic (exact) mass is 250 g/mol. The number of rotatable bonds is 4. The summed E-state index contributed by atoms with van der Waals surface area (Å²) in [6.07, 6.45) is 7.69. The predicted octanol–water partition coefficient (Wildman–Crippen LogP) is 3.63. The van der Waals surface area contributed by atoms with Crippen LogP contribution in [0.4, 0.5) is 0 Å². The minimum absolute atomic E-state index is 0.0801. The average molecular weight is 250 g/mol. The molecule has 0 aromatic heterocycles. The van der Waals surface area contributed by atoms with E-state index in [4.69, 9.17) is 4.74 Å². The van der Waals surface area contributed by atoms with Crippen LogP contribution in [0, 0.1) is 5.41 Å².